The van der Waals surface area contributed by atoms with E-state index in [1.807, 2.05) is 0 Å². The van der Waals surface area contributed by atoms with Crippen molar-refractivity contribution < 1.29 is 4.57 Å². The zero-order valence-electron chi connectivity index (χ0n) is 16.0. The molecule has 1 nitrogen and oxygen atoms in total. The van der Waals surface area contributed by atoms with Gasteiger partial charge in [-0.15, -0.1) is 0 Å². The van der Waals surface area contributed by atoms with E-state index in [2.05, 4.69) is 104 Å². The number of aryl methyl sites for hydroxylation is 2. The van der Waals surface area contributed by atoms with E-state index >= 15 is 0 Å². The highest BCUT2D eigenvalue weighted by Crippen LogP contribution is 2.42. The first kappa shape index (κ1) is 15.6. The van der Waals surface area contributed by atoms with Crippen LogP contribution in [0, 0.1) is 6.92 Å². The van der Waals surface area contributed by atoms with Gasteiger partial charge in [-0.05, 0) is 73.8 Å². The summed E-state index contributed by atoms with van der Waals surface area (Å²) in [7, 11) is 2.12. The maximum Gasteiger partial charge on any atom is 0.212 e. The van der Waals surface area contributed by atoms with Crippen molar-refractivity contribution in [2.45, 2.75) is 6.92 Å². The maximum absolute atomic E-state index is 2.39. The first-order chi connectivity index (χ1) is 13.7. The summed E-state index contributed by atoms with van der Waals surface area (Å²) in [4.78, 5) is 0. The van der Waals surface area contributed by atoms with Crippen LogP contribution in [0.1, 0.15) is 5.56 Å². The van der Waals surface area contributed by atoms with Gasteiger partial charge in [0.2, 0.25) is 5.69 Å². The number of fused-ring (bicyclic) bond motifs is 3. The molecule has 132 valence electrons. The molecule has 1 aromatic heterocycles. The Kier molecular flexibility index (Phi) is 3.08. The molecule has 1 heterocycles. The van der Waals surface area contributed by atoms with Crippen LogP contribution in [-0.4, -0.2) is 0 Å². The van der Waals surface area contributed by atoms with Gasteiger partial charge in [-0.2, -0.15) is 0 Å². The second-order valence-electron chi connectivity index (χ2n) is 7.78. The average Bonchev–Trinajstić information content (AvgIpc) is 2.73. The van der Waals surface area contributed by atoms with E-state index < -0.39 is 0 Å². The summed E-state index contributed by atoms with van der Waals surface area (Å²) in [6, 6.07) is 29.0. The van der Waals surface area contributed by atoms with E-state index in [1.54, 1.807) is 0 Å². The molecule has 5 aromatic carbocycles. The molecule has 0 aliphatic carbocycles. The number of hydrogen-bond donors (Lipinski definition) is 0. The standard InChI is InChI=1S/C27H20N/c1-17-15-23-20-9-5-7-18-12-13-19-8-6-10-21(27(19)26(18)20)24(23)16-22(17)25-11-3-4-14-28(25)2/h3-16H,1-2H3/q+1. The second-order valence-corrected chi connectivity index (χ2v) is 7.78. The van der Waals surface area contributed by atoms with Crippen molar-refractivity contribution >= 4 is 43.1 Å². The molecule has 0 saturated heterocycles. The molecule has 0 bridgehead atoms. The Morgan fingerprint density at radius 2 is 1.25 bits per heavy atom. The number of benzene rings is 5. The van der Waals surface area contributed by atoms with E-state index in [0.29, 0.717) is 0 Å². The summed E-state index contributed by atoms with van der Waals surface area (Å²) in [5.74, 6) is 0. The summed E-state index contributed by atoms with van der Waals surface area (Å²) in [5, 5.41) is 10.8. The highest BCUT2D eigenvalue weighted by molar-refractivity contribution is 6.33. The smallest absolute Gasteiger partial charge is 0.201 e. The van der Waals surface area contributed by atoms with Crippen molar-refractivity contribution in [1.82, 2.24) is 0 Å². The van der Waals surface area contributed by atoms with E-state index in [4.69, 9.17) is 0 Å². The van der Waals surface area contributed by atoms with Crippen LogP contribution in [0.15, 0.2) is 85.1 Å². The fourth-order valence-electron chi connectivity index (χ4n) is 4.84. The molecule has 6 aromatic rings. The Morgan fingerprint density at radius 1 is 0.607 bits per heavy atom. The monoisotopic (exact) mass is 358 g/mol. The molecule has 0 aliphatic heterocycles. The second kappa shape index (κ2) is 5.53. The van der Waals surface area contributed by atoms with Crippen LogP contribution in [0.4, 0.5) is 0 Å². The van der Waals surface area contributed by atoms with E-state index in [0.717, 1.165) is 0 Å². The van der Waals surface area contributed by atoms with Crippen molar-refractivity contribution in [3.63, 3.8) is 0 Å². The lowest BCUT2D eigenvalue weighted by Crippen LogP contribution is -2.30. The SMILES string of the molecule is Cc1cc2c(cc1-c1cccc[n+]1C)c1cccc3ccc4cccc2c4c31. The molecule has 0 amide bonds. The molecule has 0 spiro atoms. The van der Waals surface area contributed by atoms with Gasteiger partial charge < -0.3 is 0 Å². The van der Waals surface area contributed by atoms with Gasteiger partial charge >= 0.3 is 0 Å². The number of aromatic nitrogens is 1. The first-order valence-corrected chi connectivity index (χ1v) is 9.77. The number of hydrogen-bond acceptors (Lipinski definition) is 0. The van der Waals surface area contributed by atoms with Gasteiger partial charge in [0, 0.05) is 17.7 Å². The summed E-state index contributed by atoms with van der Waals surface area (Å²) in [6.07, 6.45) is 2.12. The van der Waals surface area contributed by atoms with Gasteiger partial charge in [-0.25, -0.2) is 4.57 Å². The van der Waals surface area contributed by atoms with Crippen molar-refractivity contribution in [3.8, 4) is 11.3 Å². The fourth-order valence-corrected chi connectivity index (χ4v) is 4.84. The van der Waals surface area contributed by atoms with Crippen LogP contribution in [0.5, 0.6) is 0 Å². The Labute approximate surface area is 163 Å². The molecular weight excluding hydrogens is 338 g/mol. The zero-order chi connectivity index (χ0) is 18.8. The van der Waals surface area contributed by atoms with Crippen LogP contribution in [0.3, 0.4) is 0 Å². The topological polar surface area (TPSA) is 3.88 Å². The highest BCUT2D eigenvalue weighted by atomic mass is 14.9. The minimum atomic E-state index is 1.24. The van der Waals surface area contributed by atoms with Gasteiger partial charge in [0.05, 0.1) is 0 Å². The predicted molar refractivity (Wildman–Crippen MR) is 119 cm³/mol. The molecular formula is C27H20N+. The Bertz CT molecular complexity index is 1520. The van der Waals surface area contributed by atoms with E-state index in [1.165, 1.54) is 59.9 Å². The van der Waals surface area contributed by atoms with E-state index in [9.17, 15) is 0 Å². The fraction of sp³-hybridized carbons (Fsp3) is 0.0741. The third kappa shape index (κ3) is 1.99. The van der Waals surface area contributed by atoms with Crippen LogP contribution in [0.25, 0.3) is 54.3 Å². The molecule has 0 fully saturated rings. The van der Waals surface area contributed by atoms with Gasteiger partial charge in [0.15, 0.2) is 6.20 Å². The largest absolute Gasteiger partial charge is 0.212 e. The molecule has 0 radical (unpaired) electrons. The number of pyridine rings is 1. The molecule has 0 unspecified atom stereocenters. The average molecular weight is 358 g/mol. The Hall–Kier alpha value is -3.45. The minimum absolute atomic E-state index is 1.24. The molecule has 28 heavy (non-hydrogen) atoms. The minimum Gasteiger partial charge on any atom is -0.201 e. The number of nitrogens with zero attached hydrogens (tertiary/aromatic N) is 1. The normalized spacial score (nSPS) is 11.9. The summed E-state index contributed by atoms with van der Waals surface area (Å²) >= 11 is 0. The maximum atomic E-state index is 2.39. The molecule has 1 heteroatoms. The van der Waals surface area contributed by atoms with Crippen molar-refractivity contribution in [1.29, 1.82) is 0 Å². The van der Waals surface area contributed by atoms with Gasteiger partial charge in [-0.1, -0.05) is 48.5 Å². The third-order valence-electron chi connectivity index (χ3n) is 6.16. The molecule has 0 saturated carbocycles. The van der Waals surface area contributed by atoms with Crippen LogP contribution in [-0.2, 0) is 7.05 Å². The van der Waals surface area contributed by atoms with Gasteiger partial charge in [-0.3, -0.25) is 0 Å². The summed E-state index contributed by atoms with van der Waals surface area (Å²) in [5.41, 5.74) is 3.85. The predicted octanol–water partition coefficient (Wildman–Crippen LogP) is 6.54. The lowest BCUT2D eigenvalue weighted by Gasteiger charge is -2.16. The van der Waals surface area contributed by atoms with Crippen LogP contribution in [0.2, 0.25) is 0 Å². The van der Waals surface area contributed by atoms with Gasteiger partial charge in [0.1, 0.15) is 7.05 Å². The summed E-state index contributed by atoms with van der Waals surface area (Å²) in [6.45, 7) is 2.23. The highest BCUT2D eigenvalue weighted by Gasteiger charge is 2.17. The molecule has 0 N–H and O–H groups in total. The van der Waals surface area contributed by atoms with Crippen LogP contribution < -0.4 is 4.57 Å². The van der Waals surface area contributed by atoms with E-state index in [-0.39, 0.29) is 0 Å². The Balaban J connectivity index is 1.88. The molecule has 0 aliphatic rings. The van der Waals surface area contributed by atoms with Crippen molar-refractivity contribution in [2.75, 3.05) is 0 Å². The van der Waals surface area contributed by atoms with Crippen molar-refractivity contribution in [2.24, 2.45) is 7.05 Å². The quantitative estimate of drug-likeness (QED) is 0.178. The molecule has 0 atom stereocenters. The van der Waals surface area contributed by atoms with Crippen molar-refractivity contribution in [3.05, 3.63) is 90.6 Å². The number of rotatable bonds is 1. The lowest BCUT2D eigenvalue weighted by atomic mass is 9.87. The summed E-state index contributed by atoms with van der Waals surface area (Å²) < 4.78 is 2.20. The van der Waals surface area contributed by atoms with Crippen LogP contribution >= 0.6 is 0 Å². The third-order valence-corrected chi connectivity index (χ3v) is 6.16. The molecule has 6 rings (SSSR count). The first-order valence-electron chi connectivity index (χ1n) is 9.77. The van der Waals surface area contributed by atoms with Gasteiger partial charge in [0.25, 0.3) is 0 Å². The Morgan fingerprint density at radius 3 is 1.89 bits per heavy atom. The zero-order valence-corrected chi connectivity index (χ0v) is 16.0. The lowest BCUT2D eigenvalue weighted by molar-refractivity contribution is -0.660.